The molecule has 0 spiro atoms. The van der Waals surface area contributed by atoms with Crippen LogP contribution in [0.15, 0.2) is 111 Å². The maximum Gasteiger partial charge on any atom is 0.0714 e. The molecule has 5 aromatic carbocycles. The largest absolute Gasteiger partial charge is 0.398 e. The van der Waals surface area contributed by atoms with Gasteiger partial charge in [0.15, 0.2) is 0 Å². The molecule has 1 aliphatic rings. The van der Waals surface area contributed by atoms with Crippen LogP contribution < -0.4 is 11.5 Å². The highest BCUT2D eigenvalue weighted by atomic mass is 14.6. The monoisotopic (exact) mass is 558 g/mol. The maximum absolute atomic E-state index is 6.78. The van der Waals surface area contributed by atoms with Gasteiger partial charge in [0.05, 0.1) is 5.41 Å². The Hall–Kier alpha value is -5.08. The van der Waals surface area contributed by atoms with Crippen molar-refractivity contribution in [3.8, 4) is 11.1 Å². The molecule has 4 N–H and O–H groups in total. The molecule has 0 atom stereocenters. The number of hydrogen-bond donors (Lipinski definition) is 2. The van der Waals surface area contributed by atoms with E-state index in [0.29, 0.717) is 11.4 Å². The van der Waals surface area contributed by atoms with Crippen LogP contribution in [-0.4, -0.2) is 0 Å². The van der Waals surface area contributed by atoms with Crippen molar-refractivity contribution in [3.05, 3.63) is 156 Å². The first-order valence-electron chi connectivity index (χ1n) is 14.6. The minimum atomic E-state index is -0.694. The van der Waals surface area contributed by atoms with Crippen molar-refractivity contribution in [2.45, 2.75) is 33.1 Å². The van der Waals surface area contributed by atoms with Gasteiger partial charge in [0, 0.05) is 33.6 Å². The fourth-order valence-corrected chi connectivity index (χ4v) is 6.90. The third kappa shape index (κ3) is 4.09. The van der Waals surface area contributed by atoms with Crippen molar-refractivity contribution in [2.75, 3.05) is 11.5 Å². The quantitative estimate of drug-likeness (QED) is 0.200. The SMILES string of the molecule is C=C(C)c1cc(C2(c3cc(C(=C)C)c(N)c(C(=C)C)c3)c3ccccc3-c3cc4ccccc4cc32)cc(C(=C)C)c1N. The third-order valence-corrected chi connectivity index (χ3v) is 8.98. The van der Waals surface area contributed by atoms with Crippen molar-refractivity contribution in [3.63, 3.8) is 0 Å². The second-order valence-corrected chi connectivity index (χ2v) is 12.1. The van der Waals surface area contributed by atoms with Crippen molar-refractivity contribution < 1.29 is 0 Å². The van der Waals surface area contributed by atoms with Crippen LogP contribution >= 0.6 is 0 Å². The summed E-state index contributed by atoms with van der Waals surface area (Å²) in [5, 5.41) is 2.39. The van der Waals surface area contributed by atoms with Crippen LogP contribution in [0.1, 0.15) is 72.2 Å². The molecule has 43 heavy (non-hydrogen) atoms. The minimum absolute atomic E-state index is 0.694. The zero-order valence-electron chi connectivity index (χ0n) is 25.6. The molecule has 0 saturated carbocycles. The number of nitrogens with two attached hydrogens (primary N) is 2. The van der Waals surface area contributed by atoms with Gasteiger partial charge in [-0.1, -0.05) is 74.8 Å². The Morgan fingerprint density at radius 3 is 1.33 bits per heavy atom. The third-order valence-electron chi connectivity index (χ3n) is 8.98. The second-order valence-electron chi connectivity index (χ2n) is 12.1. The Morgan fingerprint density at radius 2 is 0.884 bits per heavy atom. The van der Waals surface area contributed by atoms with Crippen LogP contribution in [0.4, 0.5) is 11.4 Å². The van der Waals surface area contributed by atoms with E-state index in [1.165, 1.54) is 33.0 Å². The zero-order chi connectivity index (χ0) is 30.8. The van der Waals surface area contributed by atoms with E-state index in [0.717, 1.165) is 55.7 Å². The molecule has 5 aromatic rings. The molecule has 0 unspecified atom stereocenters. The average Bonchev–Trinajstić information content (AvgIpc) is 3.25. The standard InChI is InChI=1S/C41H38N2/c1-23(2)32-19-29(20-33(24(3)4)39(32)42)41(30-21-34(25(5)6)40(43)35(22-30)26(7)8)37-16-12-11-15-31(37)36-17-27-13-9-10-14-28(27)18-38(36)41/h9-22H,1,3,5,7,42-43H2,2,4,6,8H3. The molecule has 0 fully saturated rings. The Balaban J connectivity index is 1.90. The summed E-state index contributed by atoms with van der Waals surface area (Å²) in [5.41, 5.74) is 28.7. The van der Waals surface area contributed by atoms with Gasteiger partial charge in [-0.25, -0.2) is 0 Å². The lowest BCUT2D eigenvalue weighted by molar-refractivity contribution is 0.768. The van der Waals surface area contributed by atoms with Gasteiger partial charge in [0.1, 0.15) is 0 Å². The second kappa shape index (κ2) is 10.0. The molecule has 6 rings (SSSR count). The highest BCUT2D eigenvalue weighted by Crippen LogP contribution is 2.58. The summed E-state index contributed by atoms with van der Waals surface area (Å²) in [6.07, 6.45) is 0. The Labute approximate surface area is 255 Å². The van der Waals surface area contributed by atoms with E-state index in [4.69, 9.17) is 11.5 Å². The first kappa shape index (κ1) is 28.1. The fourth-order valence-electron chi connectivity index (χ4n) is 6.90. The Kier molecular flexibility index (Phi) is 6.54. The Morgan fingerprint density at radius 1 is 0.488 bits per heavy atom. The lowest BCUT2D eigenvalue weighted by Crippen LogP contribution is -2.30. The number of benzene rings is 5. The molecule has 0 amide bonds. The summed E-state index contributed by atoms with van der Waals surface area (Å²) in [6.45, 7) is 25.3. The zero-order valence-corrected chi connectivity index (χ0v) is 25.6. The summed E-state index contributed by atoms with van der Waals surface area (Å²) in [5.74, 6) is 0. The van der Waals surface area contributed by atoms with Crippen LogP contribution in [0, 0.1) is 0 Å². The van der Waals surface area contributed by atoms with E-state index < -0.39 is 5.41 Å². The lowest BCUT2D eigenvalue weighted by Gasteiger charge is -2.36. The average molecular weight is 559 g/mol. The van der Waals surface area contributed by atoms with Gasteiger partial charge < -0.3 is 11.5 Å². The molecular formula is C41H38N2. The van der Waals surface area contributed by atoms with Gasteiger partial charge in [0.25, 0.3) is 0 Å². The van der Waals surface area contributed by atoms with Crippen LogP contribution in [0.25, 0.3) is 44.2 Å². The molecule has 212 valence electrons. The van der Waals surface area contributed by atoms with Crippen LogP contribution in [0.3, 0.4) is 0 Å². The first-order chi connectivity index (χ1) is 20.5. The molecule has 0 saturated heterocycles. The topological polar surface area (TPSA) is 52.0 Å². The fraction of sp³-hybridized carbons (Fsp3) is 0.122. The molecule has 0 heterocycles. The minimum Gasteiger partial charge on any atom is -0.398 e. The molecule has 0 aliphatic heterocycles. The van der Waals surface area contributed by atoms with Crippen LogP contribution in [0.2, 0.25) is 0 Å². The molecule has 2 heteroatoms. The number of hydrogen-bond acceptors (Lipinski definition) is 2. The summed E-state index contributed by atoms with van der Waals surface area (Å²) >= 11 is 0. The number of nitrogen functional groups attached to an aromatic ring is 2. The molecular weight excluding hydrogens is 520 g/mol. The van der Waals surface area contributed by atoms with Gasteiger partial charge in [-0.2, -0.15) is 0 Å². The summed E-state index contributed by atoms with van der Waals surface area (Å²) < 4.78 is 0. The van der Waals surface area contributed by atoms with E-state index in [1.807, 2.05) is 27.7 Å². The van der Waals surface area contributed by atoms with Crippen molar-refractivity contribution in [1.82, 2.24) is 0 Å². The number of rotatable bonds is 6. The highest BCUT2D eigenvalue weighted by molar-refractivity contribution is 5.97. The lowest BCUT2D eigenvalue weighted by atomic mass is 9.65. The molecule has 0 radical (unpaired) electrons. The predicted molar refractivity (Wildman–Crippen MR) is 189 cm³/mol. The molecule has 1 aliphatic carbocycles. The number of fused-ring (bicyclic) bond motifs is 4. The predicted octanol–water partition coefficient (Wildman–Crippen LogP) is 10.5. The van der Waals surface area contributed by atoms with Gasteiger partial charge in [-0.3, -0.25) is 0 Å². The van der Waals surface area contributed by atoms with E-state index in [2.05, 4.69) is 111 Å². The first-order valence-corrected chi connectivity index (χ1v) is 14.6. The smallest absolute Gasteiger partial charge is 0.0714 e. The molecule has 2 nitrogen and oxygen atoms in total. The van der Waals surface area contributed by atoms with Crippen LogP contribution in [-0.2, 0) is 5.41 Å². The number of allylic oxidation sites excluding steroid dienone is 4. The van der Waals surface area contributed by atoms with Gasteiger partial charge in [-0.15, -0.1) is 0 Å². The van der Waals surface area contributed by atoms with Crippen molar-refractivity contribution in [1.29, 1.82) is 0 Å². The van der Waals surface area contributed by atoms with Gasteiger partial charge >= 0.3 is 0 Å². The molecule has 0 aromatic heterocycles. The van der Waals surface area contributed by atoms with Crippen molar-refractivity contribution >= 4 is 44.4 Å². The summed E-state index contributed by atoms with van der Waals surface area (Å²) in [6, 6.07) is 30.9. The Bertz CT molecular complexity index is 1900. The molecule has 0 bridgehead atoms. The van der Waals surface area contributed by atoms with E-state index in [1.54, 1.807) is 0 Å². The summed E-state index contributed by atoms with van der Waals surface area (Å²) in [4.78, 5) is 0. The van der Waals surface area contributed by atoms with Gasteiger partial charge in [-0.05, 0) is 131 Å². The van der Waals surface area contributed by atoms with E-state index >= 15 is 0 Å². The van der Waals surface area contributed by atoms with E-state index in [9.17, 15) is 0 Å². The van der Waals surface area contributed by atoms with E-state index in [-0.39, 0.29) is 0 Å². The maximum atomic E-state index is 6.78. The highest BCUT2D eigenvalue weighted by Gasteiger charge is 2.47. The van der Waals surface area contributed by atoms with Crippen molar-refractivity contribution in [2.24, 2.45) is 0 Å². The number of anilines is 2. The normalized spacial score (nSPS) is 12.9. The van der Waals surface area contributed by atoms with Crippen LogP contribution in [0.5, 0.6) is 0 Å². The summed E-state index contributed by atoms with van der Waals surface area (Å²) in [7, 11) is 0. The van der Waals surface area contributed by atoms with Gasteiger partial charge in [0.2, 0.25) is 0 Å².